The first-order chi connectivity index (χ1) is 8.22. The summed E-state index contributed by atoms with van der Waals surface area (Å²) in [5.41, 5.74) is 1.29. The highest BCUT2D eigenvalue weighted by Crippen LogP contribution is 2.16. The molecule has 0 aliphatic carbocycles. The maximum atomic E-state index is 4.95. The van der Waals surface area contributed by atoms with Crippen LogP contribution in [-0.4, -0.2) is 21.8 Å². The van der Waals surface area contributed by atoms with Crippen LogP contribution in [0.2, 0.25) is 0 Å². The molecule has 5 nitrogen and oxygen atoms in total. The molecule has 0 aliphatic heterocycles. The average Bonchev–Trinajstić information content (AvgIpc) is 2.91. The van der Waals surface area contributed by atoms with Crippen molar-refractivity contribution in [1.82, 2.24) is 20.0 Å². The smallest absolute Gasteiger partial charge is 0.223 e. The number of hydrogen-bond donors (Lipinski definition) is 1. The van der Waals surface area contributed by atoms with E-state index >= 15 is 0 Å². The second-order valence-corrected chi connectivity index (χ2v) is 4.10. The summed E-state index contributed by atoms with van der Waals surface area (Å²) < 4.78 is 7.02. The molecule has 1 N–H and O–H groups in total. The zero-order valence-corrected chi connectivity index (χ0v) is 10.5. The summed E-state index contributed by atoms with van der Waals surface area (Å²) in [6.07, 6.45) is 5.24. The summed E-state index contributed by atoms with van der Waals surface area (Å²) in [5, 5.41) is 7.17. The van der Waals surface area contributed by atoms with Crippen LogP contribution in [-0.2, 0) is 6.54 Å². The molecular formula is C12H18N4O. The molecule has 0 aromatic carbocycles. The third-order valence-electron chi connectivity index (χ3n) is 2.83. The first kappa shape index (κ1) is 11.9. The quantitative estimate of drug-likeness (QED) is 0.858. The SMILES string of the molecule is CCC(NC)c1ccn(Cc2noc(C)n2)c1. The second kappa shape index (κ2) is 5.14. The molecule has 2 aromatic heterocycles. The monoisotopic (exact) mass is 234 g/mol. The maximum absolute atomic E-state index is 4.95. The number of hydrogen-bond acceptors (Lipinski definition) is 4. The van der Waals surface area contributed by atoms with Gasteiger partial charge in [0.1, 0.15) is 0 Å². The zero-order chi connectivity index (χ0) is 12.3. The molecule has 0 saturated heterocycles. The minimum atomic E-state index is 0.406. The van der Waals surface area contributed by atoms with Gasteiger partial charge in [0.05, 0.1) is 6.54 Å². The molecule has 2 aromatic rings. The van der Waals surface area contributed by atoms with E-state index < -0.39 is 0 Å². The van der Waals surface area contributed by atoms with Gasteiger partial charge in [0.2, 0.25) is 5.89 Å². The molecule has 0 amide bonds. The van der Waals surface area contributed by atoms with Gasteiger partial charge in [0.15, 0.2) is 5.82 Å². The van der Waals surface area contributed by atoms with Gasteiger partial charge in [-0.25, -0.2) is 0 Å². The molecule has 5 heteroatoms. The standard InChI is InChI=1S/C12H18N4O/c1-4-11(13-3)10-5-6-16(7-10)8-12-14-9(2)17-15-12/h5-7,11,13H,4,8H2,1-3H3. The Bertz CT molecular complexity index is 470. The Balaban J connectivity index is 2.08. The number of nitrogens with one attached hydrogen (secondary N) is 1. The number of rotatable bonds is 5. The first-order valence-electron chi connectivity index (χ1n) is 5.85. The van der Waals surface area contributed by atoms with Gasteiger partial charge in [-0.2, -0.15) is 4.98 Å². The molecule has 0 spiro atoms. The molecule has 17 heavy (non-hydrogen) atoms. The van der Waals surface area contributed by atoms with Gasteiger partial charge in [-0.3, -0.25) is 0 Å². The predicted octanol–water partition coefficient (Wildman–Crippen LogP) is 1.90. The normalized spacial score (nSPS) is 12.9. The molecule has 0 saturated carbocycles. The van der Waals surface area contributed by atoms with E-state index in [2.05, 4.69) is 39.2 Å². The Morgan fingerprint density at radius 2 is 2.35 bits per heavy atom. The van der Waals surface area contributed by atoms with E-state index in [4.69, 9.17) is 4.52 Å². The Morgan fingerprint density at radius 1 is 1.53 bits per heavy atom. The van der Waals surface area contributed by atoms with E-state index in [9.17, 15) is 0 Å². The molecule has 2 rings (SSSR count). The van der Waals surface area contributed by atoms with E-state index in [0.29, 0.717) is 24.3 Å². The minimum absolute atomic E-state index is 0.406. The molecule has 0 bridgehead atoms. The van der Waals surface area contributed by atoms with Crippen LogP contribution in [0.25, 0.3) is 0 Å². The Kier molecular flexibility index (Phi) is 3.58. The number of aromatic nitrogens is 3. The molecule has 92 valence electrons. The second-order valence-electron chi connectivity index (χ2n) is 4.10. The van der Waals surface area contributed by atoms with Crippen molar-refractivity contribution in [3.8, 4) is 0 Å². The molecule has 2 heterocycles. The fourth-order valence-electron chi connectivity index (χ4n) is 1.94. The Morgan fingerprint density at radius 3 is 2.94 bits per heavy atom. The lowest BCUT2D eigenvalue weighted by Gasteiger charge is -2.11. The van der Waals surface area contributed by atoms with Crippen molar-refractivity contribution in [3.63, 3.8) is 0 Å². The van der Waals surface area contributed by atoms with Crippen LogP contribution in [0.5, 0.6) is 0 Å². The van der Waals surface area contributed by atoms with E-state index in [1.165, 1.54) is 5.56 Å². The first-order valence-corrected chi connectivity index (χ1v) is 5.85. The Labute approximate surface area is 101 Å². The van der Waals surface area contributed by atoms with Crippen molar-refractivity contribution in [2.75, 3.05) is 7.05 Å². The van der Waals surface area contributed by atoms with Gasteiger partial charge < -0.3 is 14.4 Å². The van der Waals surface area contributed by atoms with Crippen molar-refractivity contribution >= 4 is 0 Å². The van der Waals surface area contributed by atoms with Gasteiger partial charge in [0.25, 0.3) is 0 Å². The third kappa shape index (κ3) is 2.74. The lowest BCUT2D eigenvalue weighted by molar-refractivity contribution is 0.386. The highest BCUT2D eigenvalue weighted by Gasteiger charge is 2.09. The van der Waals surface area contributed by atoms with Gasteiger partial charge in [0, 0.05) is 25.4 Å². The molecular weight excluding hydrogens is 216 g/mol. The molecule has 1 unspecified atom stereocenters. The van der Waals surface area contributed by atoms with Crippen LogP contribution >= 0.6 is 0 Å². The van der Waals surface area contributed by atoms with Gasteiger partial charge in [-0.1, -0.05) is 12.1 Å². The van der Waals surface area contributed by atoms with Gasteiger partial charge >= 0.3 is 0 Å². The van der Waals surface area contributed by atoms with Crippen molar-refractivity contribution in [2.45, 2.75) is 32.9 Å². The minimum Gasteiger partial charge on any atom is -0.346 e. The average molecular weight is 234 g/mol. The van der Waals surface area contributed by atoms with Crippen LogP contribution in [0.1, 0.15) is 36.7 Å². The molecule has 0 aliphatic rings. The largest absolute Gasteiger partial charge is 0.346 e. The topological polar surface area (TPSA) is 55.9 Å². The third-order valence-corrected chi connectivity index (χ3v) is 2.83. The summed E-state index contributed by atoms with van der Waals surface area (Å²) in [7, 11) is 1.98. The van der Waals surface area contributed by atoms with Crippen LogP contribution in [0.3, 0.4) is 0 Å². The lowest BCUT2D eigenvalue weighted by atomic mass is 10.1. The molecule has 0 fully saturated rings. The Hall–Kier alpha value is -1.62. The van der Waals surface area contributed by atoms with Crippen molar-refractivity contribution < 1.29 is 4.52 Å². The van der Waals surface area contributed by atoms with E-state index in [1.54, 1.807) is 6.92 Å². The van der Waals surface area contributed by atoms with Gasteiger partial charge in [-0.15, -0.1) is 0 Å². The van der Waals surface area contributed by atoms with Crippen LogP contribution in [0.15, 0.2) is 23.0 Å². The van der Waals surface area contributed by atoms with Crippen LogP contribution in [0, 0.1) is 6.92 Å². The summed E-state index contributed by atoms with van der Waals surface area (Å²) in [6.45, 7) is 4.62. The van der Waals surface area contributed by atoms with Crippen molar-refractivity contribution in [1.29, 1.82) is 0 Å². The van der Waals surface area contributed by atoms with E-state index in [1.807, 2.05) is 13.2 Å². The fourth-order valence-corrected chi connectivity index (χ4v) is 1.94. The molecule has 1 atom stereocenters. The molecule has 0 radical (unpaired) electrons. The summed E-state index contributed by atoms with van der Waals surface area (Å²) in [4.78, 5) is 4.19. The highest BCUT2D eigenvalue weighted by atomic mass is 16.5. The van der Waals surface area contributed by atoms with Gasteiger partial charge in [-0.05, 0) is 25.1 Å². The summed E-state index contributed by atoms with van der Waals surface area (Å²) in [6, 6.07) is 2.53. The van der Waals surface area contributed by atoms with E-state index in [0.717, 1.165) is 6.42 Å². The zero-order valence-electron chi connectivity index (χ0n) is 10.5. The van der Waals surface area contributed by atoms with Crippen molar-refractivity contribution in [2.24, 2.45) is 0 Å². The number of nitrogens with zero attached hydrogens (tertiary/aromatic N) is 3. The predicted molar refractivity (Wildman–Crippen MR) is 64.7 cm³/mol. The summed E-state index contributed by atoms with van der Waals surface area (Å²) in [5.74, 6) is 1.32. The number of aryl methyl sites for hydroxylation is 1. The van der Waals surface area contributed by atoms with Crippen LogP contribution < -0.4 is 5.32 Å². The summed E-state index contributed by atoms with van der Waals surface area (Å²) >= 11 is 0. The maximum Gasteiger partial charge on any atom is 0.223 e. The van der Waals surface area contributed by atoms with Crippen LogP contribution in [0.4, 0.5) is 0 Å². The fraction of sp³-hybridized carbons (Fsp3) is 0.500. The lowest BCUT2D eigenvalue weighted by Crippen LogP contribution is -2.14. The highest BCUT2D eigenvalue weighted by molar-refractivity contribution is 5.15. The van der Waals surface area contributed by atoms with Crippen molar-refractivity contribution in [3.05, 3.63) is 35.7 Å². The van der Waals surface area contributed by atoms with E-state index in [-0.39, 0.29) is 0 Å².